The van der Waals surface area contributed by atoms with E-state index in [-0.39, 0.29) is 5.75 Å². The summed E-state index contributed by atoms with van der Waals surface area (Å²) in [4.78, 5) is 0. The summed E-state index contributed by atoms with van der Waals surface area (Å²) >= 11 is 6.07. The Hall–Kier alpha value is 0.200. The summed E-state index contributed by atoms with van der Waals surface area (Å²) in [7, 11) is -2.83. The van der Waals surface area contributed by atoms with Crippen molar-refractivity contribution < 1.29 is 8.42 Å². The minimum atomic E-state index is -2.83. The summed E-state index contributed by atoms with van der Waals surface area (Å²) in [6.45, 7) is 1.46. The highest BCUT2D eigenvalue weighted by atomic mass is 35.5. The molecular formula is C10H20ClNO2S. The number of alkyl halides is 1. The van der Waals surface area contributed by atoms with E-state index in [1.807, 2.05) is 0 Å². The highest BCUT2D eigenvalue weighted by molar-refractivity contribution is 7.90. The van der Waals surface area contributed by atoms with E-state index in [0.717, 1.165) is 19.4 Å². The molecule has 2 atom stereocenters. The van der Waals surface area contributed by atoms with Gasteiger partial charge in [-0.25, -0.2) is 8.42 Å². The third-order valence-corrected chi connectivity index (χ3v) is 4.14. The second-order valence-electron chi connectivity index (χ2n) is 4.46. The van der Waals surface area contributed by atoms with Crippen LogP contribution in [0.4, 0.5) is 0 Å². The van der Waals surface area contributed by atoms with Gasteiger partial charge in [-0.3, -0.25) is 0 Å². The van der Waals surface area contributed by atoms with Gasteiger partial charge in [-0.05, 0) is 31.7 Å². The monoisotopic (exact) mass is 253 g/mol. The fourth-order valence-electron chi connectivity index (χ4n) is 1.97. The van der Waals surface area contributed by atoms with Crippen LogP contribution in [0.15, 0.2) is 0 Å². The molecule has 0 amide bonds. The van der Waals surface area contributed by atoms with Gasteiger partial charge in [-0.15, -0.1) is 11.6 Å². The molecule has 1 rings (SSSR count). The first-order chi connectivity index (χ1) is 6.97. The average molecular weight is 254 g/mol. The molecule has 0 aromatic rings. The third-order valence-electron chi connectivity index (χ3n) is 2.80. The molecule has 1 aliphatic carbocycles. The standard InChI is InChI=1S/C10H20ClNO2S/c1-15(13,14)6-5-12-8-9-3-2-4-10(11)7-9/h9-10,12H,2-8H2,1H3. The van der Waals surface area contributed by atoms with E-state index < -0.39 is 9.84 Å². The maximum absolute atomic E-state index is 10.9. The van der Waals surface area contributed by atoms with Gasteiger partial charge in [0.05, 0.1) is 5.75 Å². The smallest absolute Gasteiger partial charge is 0.148 e. The zero-order valence-electron chi connectivity index (χ0n) is 9.21. The molecule has 0 spiro atoms. The minimum absolute atomic E-state index is 0.226. The molecule has 1 fully saturated rings. The van der Waals surface area contributed by atoms with Crippen LogP contribution < -0.4 is 5.32 Å². The quantitative estimate of drug-likeness (QED) is 0.596. The molecule has 5 heteroatoms. The molecule has 15 heavy (non-hydrogen) atoms. The topological polar surface area (TPSA) is 46.2 Å². The zero-order chi connectivity index (χ0) is 11.3. The summed E-state index contributed by atoms with van der Waals surface area (Å²) in [5.74, 6) is 0.852. The van der Waals surface area contributed by atoms with Crippen LogP contribution >= 0.6 is 11.6 Å². The van der Waals surface area contributed by atoms with Crippen molar-refractivity contribution in [2.24, 2.45) is 5.92 Å². The van der Waals surface area contributed by atoms with Gasteiger partial charge in [-0.2, -0.15) is 0 Å². The van der Waals surface area contributed by atoms with Crippen molar-refractivity contribution in [2.45, 2.75) is 31.1 Å². The normalized spacial score (nSPS) is 27.9. The van der Waals surface area contributed by atoms with Crippen molar-refractivity contribution in [2.75, 3.05) is 25.1 Å². The predicted molar refractivity (Wildman–Crippen MR) is 64.2 cm³/mol. The molecular weight excluding hydrogens is 234 g/mol. The molecule has 1 N–H and O–H groups in total. The Kier molecular flexibility index (Phi) is 5.36. The van der Waals surface area contributed by atoms with Gasteiger partial charge < -0.3 is 5.32 Å². The van der Waals surface area contributed by atoms with E-state index >= 15 is 0 Å². The molecule has 0 radical (unpaired) electrons. The van der Waals surface area contributed by atoms with Crippen molar-refractivity contribution in [1.82, 2.24) is 5.32 Å². The summed E-state index contributed by atoms with van der Waals surface area (Å²) in [5.41, 5.74) is 0. The summed E-state index contributed by atoms with van der Waals surface area (Å²) in [5, 5.41) is 3.51. The van der Waals surface area contributed by atoms with E-state index in [1.54, 1.807) is 0 Å². The second-order valence-corrected chi connectivity index (χ2v) is 7.34. The highest BCUT2D eigenvalue weighted by Crippen LogP contribution is 2.27. The summed E-state index contributed by atoms with van der Waals surface area (Å²) in [6, 6.07) is 0. The number of sulfone groups is 1. The lowest BCUT2D eigenvalue weighted by Gasteiger charge is -2.25. The van der Waals surface area contributed by atoms with Crippen LogP contribution in [-0.2, 0) is 9.84 Å². The first kappa shape index (κ1) is 13.3. The first-order valence-electron chi connectivity index (χ1n) is 5.50. The molecule has 2 unspecified atom stereocenters. The minimum Gasteiger partial charge on any atom is -0.315 e. The maximum Gasteiger partial charge on any atom is 0.148 e. The van der Waals surface area contributed by atoms with Crippen molar-refractivity contribution in [1.29, 1.82) is 0 Å². The van der Waals surface area contributed by atoms with Crippen LogP contribution in [0.25, 0.3) is 0 Å². The molecule has 0 heterocycles. The van der Waals surface area contributed by atoms with Crippen molar-refractivity contribution >= 4 is 21.4 Å². The van der Waals surface area contributed by atoms with Gasteiger partial charge in [-0.1, -0.05) is 6.42 Å². The Bertz CT molecular complexity index is 279. The van der Waals surface area contributed by atoms with Crippen molar-refractivity contribution in [3.05, 3.63) is 0 Å². The molecule has 3 nitrogen and oxygen atoms in total. The fraction of sp³-hybridized carbons (Fsp3) is 1.00. The van der Waals surface area contributed by atoms with Gasteiger partial charge in [0.15, 0.2) is 0 Å². The van der Waals surface area contributed by atoms with Gasteiger partial charge in [0, 0.05) is 18.2 Å². The van der Waals surface area contributed by atoms with Gasteiger partial charge in [0.25, 0.3) is 0 Å². The third kappa shape index (κ3) is 6.38. The lowest BCUT2D eigenvalue weighted by atomic mass is 9.89. The highest BCUT2D eigenvalue weighted by Gasteiger charge is 2.19. The summed E-state index contributed by atoms with van der Waals surface area (Å²) in [6.07, 6.45) is 5.88. The van der Waals surface area contributed by atoms with Crippen LogP contribution in [0.2, 0.25) is 0 Å². The first-order valence-corrected chi connectivity index (χ1v) is 7.99. The van der Waals surface area contributed by atoms with E-state index in [2.05, 4.69) is 5.32 Å². The maximum atomic E-state index is 10.9. The van der Waals surface area contributed by atoms with Gasteiger partial charge >= 0.3 is 0 Å². The molecule has 0 aliphatic heterocycles. The van der Waals surface area contributed by atoms with Crippen LogP contribution in [0, 0.1) is 5.92 Å². The van der Waals surface area contributed by atoms with Gasteiger partial charge in [0.2, 0.25) is 0 Å². The van der Waals surface area contributed by atoms with E-state index in [9.17, 15) is 8.42 Å². The van der Waals surface area contributed by atoms with Crippen LogP contribution in [0.3, 0.4) is 0 Å². The molecule has 90 valence electrons. The zero-order valence-corrected chi connectivity index (χ0v) is 10.8. The van der Waals surface area contributed by atoms with Crippen LogP contribution in [0.5, 0.6) is 0 Å². The predicted octanol–water partition coefficient (Wildman–Crippen LogP) is 1.42. The Morgan fingerprint density at radius 2 is 2.13 bits per heavy atom. The molecule has 0 aromatic carbocycles. The Morgan fingerprint density at radius 1 is 1.40 bits per heavy atom. The van der Waals surface area contributed by atoms with Crippen LogP contribution in [0.1, 0.15) is 25.7 Å². The average Bonchev–Trinajstić information content (AvgIpc) is 2.11. The molecule has 0 bridgehead atoms. The Balaban J connectivity index is 2.09. The Morgan fingerprint density at radius 3 is 2.73 bits per heavy atom. The van der Waals surface area contributed by atoms with Crippen LogP contribution in [-0.4, -0.2) is 38.9 Å². The molecule has 1 aliphatic rings. The molecule has 1 saturated carbocycles. The number of hydrogen-bond acceptors (Lipinski definition) is 3. The lowest BCUT2D eigenvalue weighted by molar-refractivity contribution is 0.349. The fourth-order valence-corrected chi connectivity index (χ4v) is 2.90. The molecule has 0 aromatic heterocycles. The second kappa shape index (κ2) is 6.06. The van der Waals surface area contributed by atoms with Crippen molar-refractivity contribution in [3.63, 3.8) is 0 Å². The number of rotatable bonds is 5. The number of halogens is 1. The van der Waals surface area contributed by atoms with E-state index in [0.29, 0.717) is 17.8 Å². The summed E-state index contributed by atoms with van der Waals surface area (Å²) < 4.78 is 21.7. The lowest BCUT2D eigenvalue weighted by Crippen LogP contribution is -2.30. The largest absolute Gasteiger partial charge is 0.315 e. The number of nitrogens with one attached hydrogen (secondary N) is 1. The van der Waals surface area contributed by atoms with Gasteiger partial charge in [0.1, 0.15) is 9.84 Å². The Labute approximate surface area is 97.5 Å². The van der Waals surface area contributed by atoms with Crippen molar-refractivity contribution in [3.8, 4) is 0 Å². The molecule has 0 saturated heterocycles. The number of hydrogen-bond donors (Lipinski definition) is 1. The van der Waals surface area contributed by atoms with E-state index in [1.165, 1.54) is 19.1 Å². The SMILES string of the molecule is CS(=O)(=O)CCNCC1CCCC(Cl)C1. The van der Waals surface area contributed by atoms with E-state index in [4.69, 9.17) is 11.6 Å².